The van der Waals surface area contributed by atoms with Gasteiger partial charge >= 0.3 is 0 Å². The van der Waals surface area contributed by atoms with E-state index in [2.05, 4.69) is 66.2 Å². The standard InChI is InChI=1S/C16H23N3/c1-4-14-12-16(5-2)19(18-14)10-9-17-15-8-6-7-13(3)11-15/h6-8,11-12,17H,4-5,9-10H2,1-3H3. The maximum absolute atomic E-state index is 4.62. The van der Waals surface area contributed by atoms with Crippen LogP contribution in [0.3, 0.4) is 0 Å². The third-order valence-corrected chi connectivity index (χ3v) is 3.31. The van der Waals surface area contributed by atoms with Crippen molar-refractivity contribution in [3.05, 3.63) is 47.3 Å². The van der Waals surface area contributed by atoms with E-state index in [1.807, 2.05) is 0 Å². The molecule has 0 saturated carbocycles. The highest BCUT2D eigenvalue weighted by Gasteiger charge is 2.04. The Hall–Kier alpha value is -1.77. The first kappa shape index (κ1) is 13.7. The molecule has 19 heavy (non-hydrogen) atoms. The summed E-state index contributed by atoms with van der Waals surface area (Å²) in [6.07, 6.45) is 2.04. The average molecular weight is 257 g/mol. The van der Waals surface area contributed by atoms with Crippen LogP contribution in [-0.2, 0) is 19.4 Å². The summed E-state index contributed by atoms with van der Waals surface area (Å²) >= 11 is 0. The van der Waals surface area contributed by atoms with E-state index in [1.165, 1.54) is 22.6 Å². The zero-order valence-electron chi connectivity index (χ0n) is 12.1. The molecule has 0 unspecified atom stereocenters. The smallest absolute Gasteiger partial charge is 0.0624 e. The van der Waals surface area contributed by atoms with Gasteiger partial charge in [0.05, 0.1) is 12.2 Å². The topological polar surface area (TPSA) is 29.9 Å². The summed E-state index contributed by atoms with van der Waals surface area (Å²) in [6, 6.07) is 10.7. The van der Waals surface area contributed by atoms with Gasteiger partial charge in [0.2, 0.25) is 0 Å². The van der Waals surface area contributed by atoms with Crippen LogP contribution in [0.2, 0.25) is 0 Å². The maximum atomic E-state index is 4.62. The van der Waals surface area contributed by atoms with Gasteiger partial charge in [0.1, 0.15) is 0 Å². The second-order valence-electron chi connectivity index (χ2n) is 4.85. The molecule has 0 aliphatic rings. The summed E-state index contributed by atoms with van der Waals surface area (Å²) in [5.41, 5.74) is 4.97. The zero-order valence-corrected chi connectivity index (χ0v) is 12.1. The summed E-state index contributed by atoms with van der Waals surface area (Å²) < 4.78 is 2.13. The van der Waals surface area contributed by atoms with Crippen molar-refractivity contribution in [2.24, 2.45) is 0 Å². The molecule has 1 aromatic heterocycles. The van der Waals surface area contributed by atoms with E-state index in [1.54, 1.807) is 0 Å². The molecule has 0 atom stereocenters. The Morgan fingerprint density at radius 2 is 2.00 bits per heavy atom. The number of aryl methyl sites for hydroxylation is 3. The van der Waals surface area contributed by atoms with Gasteiger partial charge in [-0.05, 0) is 43.5 Å². The van der Waals surface area contributed by atoms with Crippen LogP contribution in [-0.4, -0.2) is 16.3 Å². The SMILES string of the molecule is CCc1cc(CC)n(CCNc2cccc(C)c2)n1. The Morgan fingerprint density at radius 3 is 2.68 bits per heavy atom. The number of hydrogen-bond acceptors (Lipinski definition) is 2. The second-order valence-corrected chi connectivity index (χ2v) is 4.85. The van der Waals surface area contributed by atoms with Crippen LogP contribution in [0.15, 0.2) is 30.3 Å². The predicted octanol–water partition coefficient (Wildman–Crippen LogP) is 3.43. The Kier molecular flexibility index (Phi) is 4.61. The van der Waals surface area contributed by atoms with Gasteiger partial charge in [-0.25, -0.2) is 0 Å². The monoisotopic (exact) mass is 257 g/mol. The highest BCUT2D eigenvalue weighted by molar-refractivity contribution is 5.45. The lowest BCUT2D eigenvalue weighted by molar-refractivity contribution is 0.600. The molecular weight excluding hydrogens is 234 g/mol. The molecule has 0 aliphatic carbocycles. The largest absolute Gasteiger partial charge is 0.383 e. The average Bonchev–Trinajstić information content (AvgIpc) is 2.81. The van der Waals surface area contributed by atoms with Crippen molar-refractivity contribution in [1.82, 2.24) is 9.78 Å². The molecule has 0 fully saturated rings. The van der Waals surface area contributed by atoms with E-state index in [0.717, 1.165) is 25.9 Å². The highest BCUT2D eigenvalue weighted by Crippen LogP contribution is 2.10. The second kappa shape index (κ2) is 6.41. The van der Waals surface area contributed by atoms with E-state index < -0.39 is 0 Å². The number of aromatic nitrogens is 2. The number of hydrogen-bond donors (Lipinski definition) is 1. The van der Waals surface area contributed by atoms with Crippen molar-refractivity contribution in [2.45, 2.75) is 40.2 Å². The van der Waals surface area contributed by atoms with Crippen molar-refractivity contribution in [1.29, 1.82) is 0 Å². The molecule has 0 aliphatic heterocycles. The van der Waals surface area contributed by atoms with Crippen LogP contribution in [0.4, 0.5) is 5.69 Å². The number of nitrogens with one attached hydrogen (secondary N) is 1. The summed E-state index contributed by atoms with van der Waals surface area (Å²) in [6.45, 7) is 8.26. The summed E-state index contributed by atoms with van der Waals surface area (Å²) in [5.74, 6) is 0. The molecule has 0 bridgehead atoms. The first-order valence-electron chi connectivity index (χ1n) is 7.09. The minimum absolute atomic E-state index is 0.904. The summed E-state index contributed by atoms with van der Waals surface area (Å²) in [4.78, 5) is 0. The Bertz CT molecular complexity index is 529. The number of nitrogens with zero attached hydrogens (tertiary/aromatic N) is 2. The molecule has 2 aromatic rings. The zero-order chi connectivity index (χ0) is 13.7. The van der Waals surface area contributed by atoms with Crippen molar-refractivity contribution in [2.75, 3.05) is 11.9 Å². The third kappa shape index (κ3) is 3.60. The molecule has 0 spiro atoms. The van der Waals surface area contributed by atoms with Gasteiger partial charge in [-0.1, -0.05) is 26.0 Å². The fourth-order valence-electron chi connectivity index (χ4n) is 2.23. The molecular formula is C16H23N3. The van der Waals surface area contributed by atoms with Crippen molar-refractivity contribution in [3.63, 3.8) is 0 Å². The maximum Gasteiger partial charge on any atom is 0.0624 e. The van der Waals surface area contributed by atoms with Crippen LogP contribution in [0, 0.1) is 6.92 Å². The van der Waals surface area contributed by atoms with Crippen LogP contribution in [0.5, 0.6) is 0 Å². The van der Waals surface area contributed by atoms with Crippen molar-refractivity contribution in [3.8, 4) is 0 Å². The lowest BCUT2D eigenvalue weighted by atomic mass is 10.2. The summed E-state index contributed by atoms with van der Waals surface area (Å²) in [5, 5.41) is 8.08. The van der Waals surface area contributed by atoms with Gasteiger partial charge in [0.15, 0.2) is 0 Å². The van der Waals surface area contributed by atoms with E-state index >= 15 is 0 Å². The molecule has 1 N–H and O–H groups in total. The number of rotatable bonds is 6. The molecule has 1 aromatic carbocycles. The van der Waals surface area contributed by atoms with Gasteiger partial charge < -0.3 is 5.32 Å². The Labute approximate surface area is 115 Å². The van der Waals surface area contributed by atoms with E-state index in [0.29, 0.717) is 0 Å². The van der Waals surface area contributed by atoms with Crippen LogP contribution in [0.1, 0.15) is 30.8 Å². The van der Waals surface area contributed by atoms with Gasteiger partial charge in [-0.15, -0.1) is 0 Å². The molecule has 2 rings (SSSR count). The van der Waals surface area contributed by atoms with Gasteiger partial charge in [0, 0.05) is 17.9 Å². The first-order chi connectivity index (χ1) is 9.22. The molecule has 3 heteroatoms. The molecule has 0 amide bonds. The number of benzene rings is 1. The Morgan fingerprint density at radius 1 is 1.16 bits per heavy atom. The lowest BCUT2D eigenvalue weighted by Crippen LogP contribution is -2.13. The fourth-order valence-corrected chi connectivity index (χ4v) is 2.23. The molecule has 0 radical (unpaired) electrons. The van der Waals surface area contributed by atoms with Crippen molar-refractivity contribution >= 4 is 5.69 Å². The van der Waals surface area contributed by atoms with E-state index in [-0.39, 0.29) is 0 Å². The van der Waals surface area contributed by atoms with Gasteiger partial charge in [-0.2, -0.15) is 5.10 Å². The van der Waals surface area contributed by atoms with Crippen LogP contribution in [0.25, 0.3) is 0 Å². The molecule has 1 heterocycles. The van der Waals surface area contributed by atoms with Gasteiger partial charge in [-0.3, -0.25) is 4.68 Å². The molecule has 3 nitrogen and oxygen atoms in total. The fraction of sp³-hybridized carbons (Fsp3) is 0.438. The predicted molar refractivity (Wildman–Crippen MR) is 80.7 cm³/mol. The number of anilines is 1. The van der Waals surface area contributed by atoms with E-state index in [9.17, 15) is 0 Å². The first-order valence-corrected chi connectivity index (χ1v) is 7.09. The van der Waals surface area contributed by atoms with Crippen LogP contribution >= 0.6 is 0 Å². The van der Waals surface area contributed by atoms with Gasteiger partial charge in [0.25, 0.3) is 0 Å². The van der Waals surface area contributed by atoms with Crippen molar-refractivity contribution < 1.29 is 0 Å². The quantitative estimate of drug-likeness (QED) is 0.859. The molecule has 0 saturated heterocycles. The Balaban J connectivity index is 1.93. The summed E-state index contributed by atoms with van der Waals surface area (Å²) in [7, 11) is 0. The van der Waals surface area contributed by atoms with Crippen LogP contribution < -0.4 is 5.32 Å². The third-order valence-electron chi connectivity index (χ3n) is 3.31. The highest BCUT2D eigenvalue weighted by atomic mass is 15.3. The molecule has 102 valence electrons. The van der Waals surface area contributed by atoms with E-state index in [4.69, 9.17) is 0 Å². The minimum Gasteiger partial charge on any atom is -0.383 e. The lowest BCUT2D eigenvalue weighted by Gasteiger charge is -2.09. The normalized spacial score (nSPS) is 10.7. The minimum atomic E-state index is 0.904.